The van der Waals surface area contributed by atoms with Crippen molar-refractivity contribution in [2.24, 2.45) is 12.0 Å². The van der Waals surface area contributed by atoms with E-state index in [1.54, 1.807) is 16.2 Å². The number of allylic oxidation sites excluding steroid dienone is 1. The molecule has 32 heavy (non-hydrogen) atoms. The van der Waals surface area contributed by atoms with Gasteiger partial charge in [0.25, 0.3) is 5.56 Å². The first-order valence-electron chi connectivity index (χ1n) is 10.1. The van der Waals surface area contributed by atoms with E-state index in [2.05, 4.69) is 10.1 Å². The molecule has 0 N–H and O–H groups in total. The van der Waals surface area contributed by atoms with Crippen LogP contribution in [0.3, 0.4) is 0 Å². The summed E-state index contributed by atoms with van der Waals surface area (Å²) in [5.74, 6) is -0.495. The van der Waals surface area contributed by atoms with E-state index >= 15 is 0 Å². The van der Waals surface area contributed by atoms with Crippen molar-refractivity contribution in [1.82, 2.24) is 14.3 Å². The molecule has 0 spiro atoms. The van der Waals surface area contributed by atoms with Crippen molar-refractivity contribution < 1.29 is 9.53 Å². The normalized spacial score (nSPS) is 16.1. The Balaban J connectivity index is 1.96. The summed E-state index contributed by atoms with van der Waals surface area (Å²) in [7, 11) is 7.10. The Morgan fingerprint density at radius 1 is 1.22 bits per heavy atom. The van der Waals surface area contributed by atoms with Crippen LogP contribution in [-0.2, 0) is 16.6 Å². The average molecular weight is 452 g/mol. The molecule has 0 aliphatic carbocycles. The fourth-order valence-electron chi connectivity index (χ4n) is 3.86. The Hall–Kier alpha value is -3.46. The summed E-state index contributed by atoms with van der Waals surface area (Å²) in [4.78, 5) is 33.4. The van der Waals surface area contributed by atoms with E-state index in [0.717, 1.165) is 22.5 Å². The van der Waals surface area contributed by atoms with Crippen LogP contribution in [0.2, 0.25) is 0 Å². The van der Waals surface area contributed by atoms with Crippen molar-refractivity contribution in [3.05, 3.63) is 78.2 Å². The summed E-state index contributed by atoms with van der Waals surface area (Å²) >= 11 is 1.30. The number of ether oxygens (including phenoxy) is 1. The van der Waals surface area contributed by atoms with Crippen LogP contribution >= 0.6 is 11.3 Å². The van der Waals surface area contributed by atoms with Gasteiger partial charge in [-0.25, -0.2) is 9.79 Å². The summed E-state index contributed by atoms with van der Waals surface area (Å²) in [6.07, 6.45) is 3.70. The molecular formula is C23H25N5O3S. The lowest BCUT2D eigenvalue weighted by Crippen LogP contribution is -2.39. The summed E-state index contributed by atoms with van der Waals surface area (Å²) in [6.45, 7) is 3.67. The zero-order valence-electron chi connectivity index (χ0n) is 18.9. The molecule has 3 aromatic rings. The zero-order chi connectivity index (χ0) is 23.2. The van der Waals surface area contributed by atoms with E-state index in [9.17, 15) is 9.59 Å². The molecule has 1 aliphatic rings. The van der Waals surface area contributed by atoms with Gasteiger partial charge in [-0.1, -0.05) is 23.5 Å². The summed E-state index contributed by atoms with van der Waals surface area (Å²) < 4.78 is 8.89. The lowest BCUT2D eigenvalue weighted by Gasteiger charge is -2.25. The van der Waals surface area contributed by atoms with Gasteiger partial charge in [0.15, 0.2) is 4.80 Å². The van der Waals surface area contributed by atoms with Crippen molar-refractivity contribution in [2.75, 3.05) is 26.1 Å². The minimum atomic E-state index is -0.618. The van der Waals surface area contributed by atoms with Crippen LogP contribution in [0.5, 0.6) is 0 Å². The highest BCUT2D eigenvalue weighted by atomic mass is 32.1. The van der Waals surface area contributed by atoms with Crippen molar-refractivity contribution in [3.63, 3.8) is 0 Å². The van der Waals surface area contributed by atoms with Gasteiger partial charge in [0.2, 0.25) is 0 Å². The first kappa shape index (κ1) is 21.8. The van der Waals surface area contributed by atoms with Gasteiger partial charge in [-0.15, -0.1) is 0 Å². The molecule has 0 fully saturated rings. The van der Waals surface area contributed by atoms with Gasteiger partial charge in [0.1, 0.15) is 0 Å². The molecule has 0 unspecified atom stereocenters. The number of thiazole rings is 1. The summed E-state index contributed by atoms with van der Waals surface area (Å²) in [5, 5.41) is 4.35. The molecule has 3 heterocycles. The quantitative estimate of drug-likeness (QED) is 0.562. The Kier molecular flexibility index (Phi) is 5.60. The molecule has 1 aromatic carbocycles. The number of benzene rings is 1. The van der Waals surface area contributed by atoms with Crippen molar-refractivity contribution in [1.29, 1.82) is 0 Å². The molecule has 9 heteroatoms. The van der Waals surface area contributed by atoms with Gasteiger partial charge in [-0.3, -0.25) is 14.0 Å². The second-order valence-corrected chi connectivity index (χ2v) is 8.91. The Labute approximate surface area is 189 Å². The number of anilines is 1. The molecule has 166 valence electrons. The molecule has 0 saturated carbocycles. The minimum absolute atomic E-state index is 0.201. The third-order valence-electron chi connectivity index (χ3n) is 5.49. The fraction of sp³-hybridized carbons (Fsp3) is 0.304. The minimum Gasteiger partial charge on any atom is -0.466 e. The number of rotatable bonds is 4. The van der Waals surface area contributed by atoms with Crippen molar-refractivity contribution in [2.45, 2.75) is 19.9 Å². The van der Waals surface area contributed by atoms with Gasteiger partial charge in [0.05, 0.1) is 34.6 Å². The highest BCUT2D eigenvalue weighted by Gasteiger charge is 2.33. The van der Waals surface area contributed by atoms with Gasteiger partial charge in [-0.05, 0) is 37.6 Å². The number of aryl methyl sites for hydroxylation is 2. The standard InChI is InChI=1S/C23H25N5O3S/c1-13-16(12-27(5)25-13)11-18-21(29)28-20(15-7-9-17(10-8-15)26(3)4)19(22(30)31-6)14(2)24-23(28)32-18/h7-12,20H,1-6H3/b18-11+/t20-/m1/s1. The first-order valence-corrected chi connectivity index (χ1v) is 10.9. The van der Waals surface area contributed by atoms with Crippen LogP contribution in [-0.4, -0.2) is 41.5 Å². The molecule has 0 saturated heterocycles. The largest absolute Gasteiger partial charge is 0.466 e. The number of fused-ring (bicyclic) bond motifs is 1. The van der Waals surface area contributed by atoms with E-state index in [0.29, 0.717) is 20.6 Å². The van der Waals surface area contributed by atoms with Crippen molar-refractivity contribution in [3.8, 4) is 0 Å². The topological polar surface area (TPSA) is 81.7 Å². The molecule has 1 atom stereocenters. The molecule has 0 radical (unpaired) electrons. The lowest BCUT2D eigenvalue weighted by atomic mass is 9.95. The maximum Gasteiger partial charge on any atom is 0.338 e. The van der Waals surface area contributed by atoms with E-state index in [1.807, 2.05) is 69.5 Å². The number of carbonyl (C=O) groups excluding carboxylic acids is 1. The molecule has 1 aliphatic heterocycles. The van der Waals surface area contributed by atoms with Crippen LogP contribution in [0.4, 0.5) is 5.69 Å². The SMILES string of the molecule is COC(=O)C1=C(C)N=c2s/c(=C/c3cn(C)nc3C)c(=O)n2[C@@H]1c1ccc(N(C)C)cc1. The maximum absolute atomic E-state index is 13.5. The highest BCUT2D eigenvalue weighted by Crippen LogP contribution is 2.31. The number of hydrogen-bond acceptors (Lipinski definition) is 7. The number of aromatic nitrogens is 3. The second-order valence-electron chi connectivity index (χ2n) is 7.90. The Morgan fingerprint density at radius 3 is 2.47 bits per heavy atom. The highest BCUT2D eigenvalue weighted by molar-refractivity contribution is 7.07. The predicted octanol–water partition coefficient (Wildman–Crippen LogP) is 1.52. The van der Waals surface area contributed by atoms with Crippen LogP contribution in [0.25, 0.3) is 6.08 Å². The Bertz CT molecular complexity index is 1410. The lowest BCUT2D eigenvalue weighted by molar-refractivity contribution is -0.136. The van der Waals surface area contributed by atoms with Crippen molar-refractivity contribution >= 4 is 29.1 Å². The zero-order valence-corrected chi connectivity index (χ0v) is 19.7. The first-order chi connectivity index (χ1) is 15.2. The summed E-state index contributed by atoms with van der Waals surface area (Å²) in [5.41, 5.74) is 4.25. The van der Waals surface area contributed by atoms with Gasteiger partial charge in [0, 0.05) is 38.6 Å². The second kappa shape index (κ2) is 8.23. The number of hydrogen-bond donors (Lipinski definition) is 0. The molecule has 4 rings (SSSR count). The maximum atomic E-state index is 13.5. The average Bonchev–Trinajstić information content (AvgIpc) is 3.24. The predicted molar refractivity (Wildman–Crippen MR) is 124 cm³/mol. The molecule has 0 bridgehead atoms. The van der Waals surface area contributed by atoms with Crippen LogP contribution in [0.15, 0.2) is 51.5 Å². The van der Waals surface area contributed by atoms with Gasteiger partial charge >= 0.3 is 5.97 Å². The number of carbonyl (C=O) groups is 1. The third-order valence-corrected chi connectivity index (χ3v) is 6.47. The monoisotopic (exact) mass is 451 g/mol. The fourth-order valence-corrected chi connectivity index (χ4v) is 4.90. The smallest absolute Gasteiger partial charge is 0.338 e. The van der Waals surface area contributed by atoms with Gasteiger partial charge < -0.3 is 9.64 Å². The molecule has 8 nitrogen and oxygen atoms in total. The number of nitrogens with zero attached hydrogens (tertiary/aromatic N) is 5. The van der Waals surface area contributed by atoms with E-state index in [4.69, 9.17) is 4.74 Å². The van der Waals surface area contributed by atoms with E-state index < -0.39 is 12.0 Å². The molecule has 2 aromatic heterocycles. The Morgan fingerprint density at radius 2 is 1.91 bits per heavy atom. The van der Waals surface area contributed by atoms with E-state index in [1.165, 1.54) is 18.4 Å². The van der Waals surface area contributed by atoms with E-state index in [-0.39, 0.29) is 5.56 Å². The molecule has 0 amide bonds. The van der Waals surface area contributed by atoms with Crippen LogP contribution < -0.4 is 19.8 Å². The van der Waals surface area contributed by atoms with Crippen LogP contribution in [0, 0.1) is 6.92 Å². The summed E-state index contributed by atoms with van der Waals surface area (Å²) in [6, 6.07) is 7.18. The number of esters is 1. The van der Waals surface area contributed by atoms with Gasteiger partial charge in [-0.2, -0.15) is 5.10 Å². The third kappa shape index (κ3) is 3.69. The number of methoxy groups -OCH3 is 1. The van der Waals surface area contributed by atoms with Crippen LogP contribution in [0.1, 0.15) is 29.8 Å². The molecular weight excluding hydrogens is 426 g/mol.